The standard InChI is InChI=1S/C24H29ClN4O2/c1-17-15-27(23(30)31-24(2,3)4)13-14-28(17)22-26-20-11-7-8-12-21(20)29(22)16-18-9-5-6-10-19(18)25/h5-12,17H,13-16H2,1-4H3/t17-/m0/s1. The summed E-state index contributed by atoms with van der Waals surface area (Å²) in [5.41, 5.74) is 2.57. The van der Waals surface area contributed by atoms with Crippen molar-refractivity contribution in [2.24, 2.45) is 0 Å². The van der Waals surface area contributed by atoms with Crippen molar-refractivity contribution in [1.29, 1.82) is 0 Å². The highest BCUT2D eigenvalue weighted by molar-refractivity contribution is 6.31. The van der Waals surface area contributed by atoms with Crippen molar-refractivity contribution in [2.45, 2.75) is 45.9 Å². The van der Waals surface area contributed by atoms with Gasteiger partial charge in [-0.15, -0.1) is 0 Å². The lowest BCUT2D eigenvalue weighted by atomic mass is 10.2. The Morgan fingerprint density at radius 2 is 1.84 bits per heavy atom. The number of nitrogens with zero attached hydrogens (tertiary/aromatic N) is 4. The summed E-state index contributed by atoms with van der Waals surface area (Å²) in [5.74, 6) is 0.900. The molecule has 31 heavy (non-hydrogen) atoms. The minimum absolute atomic E-state index is 0.100. The summed E-state index contributed by atoms with van der Waals surface area (Å²) in [6, 6.07) is 16.2. The first-order valence-electron chi connectivity index (χ1n) is 10.7. The molecule has 1 aromatic heterocycles. The van der Waals surface area contributed by atoms with Crippen molar-refractivity contribution >= 4 is 34.7 Å². The van der Waals surface area contributed by atoms with Crippen LogP contribution in [0.3, 0.4) is 0 Å². The van der Waals surface area contributed by atoms with Crippen LogP contribution >= 0.6 is 11.6 Å². The summed E-state index contributed by atoms with van der Waals surface area (Å²) in [5, 5.41) is 0.744. The molecule has 1 aliphatic heterocycles. The van der Waals surface area contributed by atoms with Gasteiger partial charge < -0.3 is 19.1 Å². The van der Waals surface area contributed by atoms with Gasteiger partial charge >= 0.3 is 6.09 Å². The first-order chi connectivity index (χ1) is 14.7. The zero-order valence-electron chi connectivity index (χ0n) is 18.5. The molecule has 164 valence electrons. The number of anilines is 1. The second-order valence-corrected chi connectivity index (χ2v) is 9.45. The van der Waals surface area contributed by atoms with Gasteiger partial charge in [-0.3, -0.25) is 0 Å². The van der Waals surface area contributed by atoms with E-state index in [1.807, 2.05) is 63.2 Å². The molecule has 4 rings (SSSR count). The van der Waals surface area contributed by atoms with Crippen molar-refractivity contribution < 1.29 is 9.53 Å². The first-order valence-corrected chi connectivity index (χ1v) is 11.0. The number of ether oxygens (including phenoxy) is 1. The lowest BCUT2D eigenvalue weighted by Gasteiger charge is -2.40. The van der Waals surface area contributed by atoms with Crippen LogP contribution in [0, 0.1) is 0 Å². The van der Waals surface area contributed by atoms with Crippen molar-refractivity contribution in [3.63, 3.8) is 0 Å². The maximum Gasteiger partial charge on any atom is 0.410 e. The fourth-order valence-corrected chi connectivity index (χ4v) is 4.18. The minimum Gasteiger partial charge on any atom is -0.444 e. The normalized spacial score (nSPS) is 17.3. The van der Waals surface area contributed by atoms with E-state index in [1.165, 1.54) is 0 Å². The average Bonchev–Trinajstić information content (AvgIpc) is 3.06. The number of hydrogen-bond acceptors (Lipinski definition) is 4. The quantitative estimate of drug-likeness (QED) is 0.562. The molecular weight excluding hydrogens is 412 g/mol. The van der Waals surface area contributed by atoms with Crippen molar-refractivity contribution in [3.05, 3.63) is 59.1 Å². The molecular formula is C24H29ClN4O2. The molecule has 0 radical (unpaired) electrons. The fourth-order valence-electron chi connectivity index (χ4n) is 3.98. The van der Waals surface area contributed by atoms with Crippen molar-refractivity contribution in [3.8, 4) is 0 Å². The summed E-state index contributed by atoms with van der Waals surface area (Å²) in [6.07, 6.45) is -0.261. The number of fused-ring (bicyclic) bond motifs is 1. The summed E-state index contributed by atoms with van der Waals surface area (Å²) in [4.78, 5) is 21.6. The lowest BCUT2D eigenvalue weighted by Crippen LogP contribution is -2.55. The van der Waals surface area contributed by atoms with E-state index in [1.54, 1.807) is 4.90 Å². The van der Waals surface area contributed by atoms with Crippen molar-refractivity contribution in [1.82, 2.24) is 14.5 Å². The Morgan fingerprint density at radius 3 is 2.55 bits per heavy atom. The van der Waals surface area contributed by atoms with E-state index >= 15 is 0 Å². The molecule has 1 saturated heterocycles. The van der Waals surface area contributed by atoms with Gasteiger partial charge in [-0.25, -0.2) is 9.78 Å². The Kier molecular flexibility index (Phi) is 5.84. The highest BCUT2D eigenvalue weighted by Gasteiger charge is 2.32. The molecule has 0 unspecified atom stereocenters. The van der Waals surface area contributed by atoms with Gasteiger partial charge in [0.2, 0.25) is 5.95 Å². The predicted molar refractivity (Wildman–Crippen MR) is 125 cm³/mol. The summed E-state index contributed by atoms with van der Waals surface area (Å²) in [7, 11) is 0. The molecule has 1 fully saturated rings. The first kappa shape index (κ1) is 21.5. The summed E-state index contributed by atoms with van der Waals surface area (Å²) < 4.78 is 7.78. The van der Waals surface area contributed by atoms with E-state index in [-0.39, 0.29) is 12.1 Å². The lowest BCUT2D eigenvalue weighted by molar-refractivity contribution is 0.0218. The highest BCUT2D eigenvalue weighted by Crippen LogP contribution is 2.28. The molecule has 0 spiro atoms. The van der Waals surface area contributed by atoms with Gasteiger partial charge in [0, 0.05) is 30.7 Å². The second kappa shape index (κ2) is 8.42. The van der Waals surface area contributed by atoms with Crippen LogP contribution in [-0.4, -0.2) is 51.8 Å². The Hall–Kier alpha value is -2.73. The van der Waals surface area contributed by atoms with E-state index in [9.17, 15) is 4.79 Å². The summed E-state index contributed by atoms with van der Waals surface area (Å²) in [6.45, 7) is 10.3. The minimum atomic E-state index is -0.500. The Balaban J connectivity index is 1.63. The molecule has 1 amide bonds. The van der Waals surface area contributed by atoms with Crippen molar-refractivity contribution in [2.75, 3.05) is 24.5 Å². The Bertz CT molecular complexity index is 1090. The number of carbonyl (C=O) groups is 1. The van der Waals surface area contributed by atoms with Crippen LogP contribution in [0.1, 0.15) is 33.3 Å². The van der Waals surface area contributed by atoms with E-state index in [0.717, 1.165) is 27.6 Å². The van der Waals surface area contributed by atoms with E-state index in [2.05, 4.69) is 22.5 Å². The number of aromatic nitrogens is 2. The molecule has 0 saturated carbocycles. The topological polar surface area (TPSA) is 50.6 Å². The molecule has 3 aromatic rings. The van der Waals surface area contributed by atoms with E-state index in [4.69, 9.17) is 21.3 Å². The van der Waals surface area contributed by atoms with E-state index < -0.39 is 5.60 Å². The van der Waals surface area contributed by atoms with Gasteiger partial charge in [0.15, 0.2) is 0 Å². The Labute approximate surface area is 188 Å². The number of rotatable bonds is 3. The molecule has 0 N–H and O–H groups in total. The molecule has 0 aliphatic carbocycles. The zero-order chi connectivity index (χ0) is 22.2. The molecule has 0 bridgehead atoms. The molecule has 7 heteroatoms. The monoisotopic (exact) mass is 440 g/mol. The SMILES string of the molecule is C[C@H]1CN(C(=O)OC(C)(C)C)CCN1c1nc2ccccc2n1Cc1ccccc1Cl. The van der Waals surface area contributed by atoms with Crippen LogP contribution in [-0.2, 0) is 11.3 Å². The number of carbonyl (C=O) groups excluding carboxylic acids is 1. The highest BCUT2D eigenvalue weighted by atomic mass is 35.5. The average molecular weight is 441 g/mol. The third kappa shape index (κ3) is 4.64. The van der Waals surface area contributed by atoms with Crippen LogP contribution in [0.25, 0.3) is 11.0 Å². The zero-order valence-corrected chi connectivity index (χ0v) is 19.3. The van der Waals surface area contributed by atoms with E-state index in [0.29, 0.717) is 26.2 Å². The third-order valence-electron chi connectivity index (χ3n) is 5.46. The number of amides is 1. The van der Waals surface area contributed by atoms with Gasteiger partial charge in [0.25, 0.3) is 0 Å². The number of hydrogen-bond donors (Lipinski definition) is 0. The molecule has 2 heterocycles. The van der Waals surface area contributed by atoms with Gasteiger partial charge in [-0.1, -0.05) is 41.9 Å². The van der Waals surface area contributed by atoms with Gasteiger partial charge in [-0.05, 0) is 51.5 Å². The van der Waals surface area contributed by atoms with Crippen LogP contribution in [0.2, 0.25) is 5.02 Å². The number of imidazole rings is 1. The molecule has 6 nitrogen and oxygen atoms in total. The third-order valence-corrected chi connectivity index (χ3v) is 5.83. The van der Waals surface area contributed by atoms with Crippen LogP contribution in [0.4, 0.5) is 10.7 Å². The smallest absolute Gasteiger partial charge is 0.410 e. The second-order valence-electron chi connectivity index (χ2n) is 9.05. The van der Waals surface area contributed by atoms with Crippen LogP contribution in [0.15, 0.2) is 48.5 Å². The predicted octanol–water partition coefficient (Wildman–Crippen LogP) is 5.18. The maximum atomic E-state index is 12.5. The van der Waals surface area contributed by atoms with Gasteiger partial charge in [-0.2, -0.15) is 0 Å². The van der Waals surface area contributed by atoms with Crippen LogP contribution in [0.5, 0.6) is 0 Å². The molecule has 1 atom stereocenters. The van der Waals surface area contributed by atoms with Gasteiger partial charge in [0.05, 0.1) is 17.6 Å². The molecule has 2 aromatic carbocycles. The number of halogens is 1. The molecule has 1 aliphatic rings. The Morgan fingerprint density at radius 1 is 1.13 bits per heavy atom. The number of benzene rings is 2. The largest absolute Gasteiger partial charge is 0.444 e. The summed E-state index contributed by atoms with van der Waals surface area (Å²) >= 11 is 6.46. The van der Waals surface area contributed by atoms with Crippen LogP contribution < -0.4 is 4.90 Å². The fraction of sp³-hybridized carbons (Fsp3) is 0.417. The number of para-hydroxylation sites is 2. The maximum absolute atomic E-state index is 12.5. The number of piperazine rings is 1. The van der Waals surface area contributed by atoms with Gasteiger partial charge in [0.1, 0.15) is 5.60 Å².